The fraction of sp³-hybridized carbons (Fsp3) is 0.855. The fourth-order valence-electron chi connectivity index (χ4n) is 9.95. The zero-order valence-electron chi connectivity index (χ0n) is 52.8. The highest BCUT2D eigenvalue weighted by molar-refractivity contribution is 7.45. The maximum atomic E-state index is 12.8. The van der Waals surface area contributed by atoms with Crippen molar-refractivity contribution >= 4 is 19.8 Å². The molecule has 0 aromatic rings. The van der Waals surface area contributed by atoms with Crippen LogP contribution < -0.4 is 4.89 Å². The smallest absolute Gasteiger partial charge is 0.306 e. The summed E-state index contributed by atoms with van der Waals surface area (Å²) in [5.41, 5.74) is 0. The number of likely N-dealkylation sites (N-methyl/N-ethyl adjacent to an activating group) is 1. The summed E-state index contributed by atoms with van der Waals surface area (Å²) < 4.78 is 34.2. The maximum Gasteiger partial charge on any atom is 0.306 e. The second-order valence-corrected chi connectivity index (χ2v) is 25.6. The van der Waals surface area contributed by atoms with Gasteiger partial charge in [-0.05, 0) is 51.4 Å². The van der Waals surface area contributed by atoms with Gasteiger partial charge in [-0.1, -0.05) is 313 Å². The lowest BCUT2D eigenvalue weighted by Crippen LogP contribution is -2.37. The number of unbranched alkanes of at least 4 members (excludes halogenated alkanes) is 41. The van der Waals surface area contributed by atoms with Gasteiger partial charge < -0.3 is 27.9 Å². The molecule has 0 saturated carbocycles. The van der Waals surface area contributed by atoms with E-state index in [1.54, 1.807) is 0 Å². The van der Waals surface area contributed by atoms with Gasteiger partial charge in [0.15, 0.2) is 6.10 Å². The molecule has 0 aliphatic carbocycles. The minimum Gasteiger partial charge on any atom is -0.756 e. The van der Waals surface area contributed by atoms with E-state index >= 15 is 0 Å². The van der Waals surface area contributed by atoms with Crippen LogP contribution in [0.5, 0.6) is 0 Å². The molecule has 0 radical (unpaired) electrons. The minimum absolute atomic E-state index is 0.0272. The Balaban J connectivity index is 3.84. The number of rotatable bonds is 63. The molecule has 2 unspecified atom stereocenters. The Morgan fingerprint density at radius 2 is 0.722 bits per heavy atom. The van der Waals surface area contributed by atoms with Crippen molar-refractivity contribution in [3.05, 3.63) is 48.6 Å². The normalized spacial score (nSPS) is 13.4. The lowest BCUT2D eigenvalue weighted by atomic mass is 10.0. The molecule has 0 amide bonds. The van der Waals surface area contributed by atoms with Crippen LogP contribution in [0.1, 0.15) is 328 Å². The van der Waals surface area contributed by atoms with E-state index in [0.717, 1.165) is 57.8 Å². The molecular formula is C69H130NO8P. The number of esters is 2. The molecule has 0 aromatic heterocycles. The molecule has 464 valence electrons. The average molecular weight is 1130 g/mol. The van der Waals surface area contributed by atoms with Crippen LogP contribution in [0.15, 0.2) is 48.6 Å². The maximum absolute atomic E-state index is 12.8. The number of nitrogens with zero attached hydrogens (tertiary/aromatic N) is 1. The third-order valence-corrected chi connectivity index (χ3v) is 16.1. The molecule has 0 aliphatic rings. The van der Waals surface area contributed by atoms with Crippen molar-refractivity contribution in [2.75, 3.05) is 47.5 Å². The minimum atomic E-state index is -4.63. The fourth-order valence-corrected chi connectivity index (χ4v) is 10.7. The van der Waals surface area contributed by atoms with Crippen molar-refractivity contribution in [3.8, 4) is 0 Å². The number of allylic oxidation sites excluding steroid dienone is 8. The summed E-state index contributed by atoms with van der Waals surface area (Å²) in [6.45, 7) is 4.17. The van der Waals surface area contributed by atoms with Gasteiger partial charge in [-0.15, -0.1) is 0 Å². The van der Waals surface area contributed by atoms with Crippen LogP contribution in [0.2, 0.25) is 0 Å². The number of carbonyl (C=O) groups is 2. The first kappa shape index (κ1) is 77.0. The standard InChI is InChI=1S/C69H130NO8P/c1-6-8-10-12-14-16-18-20-22-23-24-25-26-27-28-29-30-31-32-33-34-35-36-37-38-39-40-41-42-43-44-45-46-47-48-50-52-54-56-58-60-62-69(72)78-67(66-77-79(73,74)76-64-63-70(3,4)5)65-75-68(71)61-59-57-55-53-51-49-21-19-17-15-13-11-9-7-2/h8,10,14,16,20,22,24-25,67H,6-7,9,11-13,15,17-19,21,23,26-66H2,1-5H3/b10-8-,16-14-,22-20-,25-24-. The summed E-state index contributed by atoms with van der Waals surface area (Å²) in [6.07, 6.45) is 77.8. The molecule has 0 N–H and O–H groups in total. The first-order valence-corrected chi connectivity index (χ1v) is 35.3. The first-order chi connectivity index (χ1) is 38.5. The van der Waals surface area contributed by atoms with Crippen molar-refractivity contribution in [3.63, 3.8) is 0 Å². The van der Waals surface area contributed by atoms with Gasteiger partial charge in [0.25, 0.3) is 7.82 Å². The van der Waals surface area contributed by atoms with Crippen LogP contribution in [0, 0.1) is 0 Å². The summed E-state index contributed by atoms with van der Waals surface area (Å²) in [6, 6.07) is 0. The van der Waals surface area contributed by atoms with Crippen LogP contribution in [-0.4, -0.2) is 70.0 Å². The molecule has 0 bridgehead atoms. The van der Waals surface area contributed by atoms with Crippen LogP contribution in [0.3, 0.4) is 0 Å². The van der Waals surface area contributed by atoms with Gasteiger partial charge in [0, 0.05) is 12.8 Å². The van der Waals surface area contributed by atoms with E-state index in [9.17, 15) is 19.0 Å². The average Bonchev–Trinajstić information content (AvgIpc) is 3.41. The molecule has 0 aliphatic heterocycles. The van der Waals surface area contributed by atoms with Gasteiger partial charge in [0.1, 0.15) is 19.8 Å². The van der Waals surface area contributed by atoms with Gasteiger partial charge >= 0.3 is 11.9 Å². The monoisotopic (exact) mass is 1130 g/mol. The molecule has 0 saturated heterocycles. The van der Waals surface area contributed by atoms with Gasteiger partial charge in [0.2, 0.25) is 0 Å². The molecule has 0 fully saturated rings. The largest absolute Gasteiger partial charge is 0.756 e. The van der Waals surface area contributed by atoms with Crippen molar-refractivity contribution < 1.29 is 42.1 Å². The molecule has 10 heteroatoms. The van der Waals surface area contributed by atoms with E-state index in [1.807, 2.05) is 21.1 Å². The van der Waals surface area contributed by atoms with Crippen molar-refractivity contribution in [1.82, 2.24) is 0 Å². The topological polar surface area (TPSA) is 111 Å². The quantitative estimate of drug-likeness (QED) is 0.0195. The molecule has 0 spiro atoms. The van der Waals surface area contributed by atoms with E-state index in [4.69, 9.17) is 18.5 Å². The predicted molar refractivity (Wildman–Crippen MR) is 337 cm³/mol. The Morgan fingerprint density at radius 1 is 0.405 bits per heavy atom. The zero-order valence-corrected chi connectivity index (χ0v) is 53.7. The lowest BCUT2D eigenvalue weighted by molar-refractivity contribution is -0.870. The number of hydrogen-bond donors (Lipinski definition) is 0. The lowest BCUT2D eigenvalue weighted by Gasteiger charge is -2.28. The third-order valence-electron chi connectivity index (χ3n) is 15.1. The molecule has 79 heavy (non-hydrogen) atoms. The summed E-state index contributed by atoms with van der Waals surface area (Å²) in [7, 11) is 1.19. The van der Waals surface area contributed by atoms with E-state index < -0.39 is 26.5 Å². The van der Waals surface area contributed by atoms with Crippen LogP contribution >= 0.6 is 7.82 Å². The molecule has 9 nitrogen and oxygen atoms in total. The molecule has 0 aromatic carbocycles. The highest BCUT2D eigenvalue weighted by atomic mass is 31.2. The highest BCUT2D eigenvalue weighted by Gasteiger charge is 2.22. The SMILES string of the molecule is CC/C=C\C/C=C\C/C=C\C/C=C\CCCCCCCCCCCCCCCCCCCCCCCCCCCCCCC(=O)OC(COC(=O)CCCCCCCCCCCCCCCC)COP(=O)([O-])OCC[N+](C)(C)C. The van der Waals surface area contributed by atoms with E-state index in [-0.39, 0.29) is 32.0 Å². The number of phosphoric ester groups is 1. The van der Waals surface area contributed by atoms with E-state index in [0.29, 0.717) is 17.4 Å². The first-order valence-electron chi connectivity index (χ1n) is 33.8. The van der Waals surface area contributed by atoms with Gasteiger partial charge in [-0.2, -0.15) is 0 Å². The van der Waals surface area contributed by atoms with Crippen LogP contribution in [0.4, 0.5) is 0 Å². The Bertz CT molecular complexity index is 1470. The van der Waals surface area contributed by atoms with Gasteiger partial charge in [-0.25, -0.2) is 0 Å². The third kappa shape index (κ3) is 65.0. The van der Waals surface area contributed by atoms with Gasteiger partial charge in [0.05, 0.1) is 27.7 Å². The number of phosphoric acid groups is 1. The Labute approximate surface area is 490 Å². The van der Waals surface area contributed by atoms with Crippen molar-refractivity contribution in [1.29, 1.82) is 0 Å². The second-order valence-electron chi connectivity index (χ2n) is 24.2. The molecule has 0 rings (SSSR count). The second kappa shape index (κ2) is 60.6. The predicted octanol–water partition coefficient (Wildman–Crippen LogP) is 21.0. The zero-order chi connectivity index (χ0) is 57.7. The van der Waals surface area contributed by atoms with E-state index in [1.165, 1.54) is 238 Å². The Hall–Kier alpha value is -2.03. The number of ether oxygens (including phenoxy) is 2. The molecular weight excluding hydrogens is 1000 g/mol. The van der Waals surface area contributed by atoms with E-state index in [2.05, 4.69) is 62.5 Å². The summed E-state index contributed by atoms with van der Waals surface area (Å²) in [5.74, 6) is -0.814. The van der Waals surface area contributed by atoms with Crippen LogP contribution in [0.25, 0.3) is 0 Å². The van der Waals surface area contributed by atoms with Crippen molar-refractivity contribution in [2.24, 2.45) is 0 Å². The molecule has 2 atom stereocenters. The van der Waals surface area contributed by atoms with Crippen LogP contribution in [-0.2, 0) is 32.7 Å². The number of carbonyl (C=O) groups excluding carboxylic acids is 2. The number of quaternary nitrogens is 1. The Morgan fingerprint density at radius 3 is 1.08 bits per heavy atom. The molecule has 0 heterocycles. The summed E-state index contributed by atoms with van der Waals surface area (Å²) >= 11 is 0. The summed E-state index contributed by atoms with van der Waals surface area (Å²) in [5, 5.41) is 0. The van der Waals surface area contributed by atoms with Gasteiger partial charge in [-0.3, -0.25) is 14.2 Å². The Kier molecular flexibility index (Phi) is 59.0. The van der Waals surface area contributed by atoms with Crippen molar-refractivity contribution in [2.45, 2.75) is 335 Å². The number of hydrogen-bond acceptors (Lipinski definition) is 8. The summed E-state index contributed by atoms with van der Waals surface area (Å²) in [4.78, 5) is 37.9. The highest BCUT2D eigenvalue weighted by Crippen LogP contribution is 2.38.